The SMILES string of the molecule is CCCNC(=O)c1cccc(CNC(=NC)N(C)Cc2ncc(-c3ccccc3)[nH]2)c1. The Kier molecular flexibility index (Phi) is 7.81. The minimum Gasteiger partial charge on any atom is -0.352 e. The molecule has 0 radical (unpaired) electrons. The molecular weight excluding hydrogens is 388 g/mol. The first-order valence-electron chi connectivity index (χ1n) is 10.5. The zero-order valence-corrected chi connectivity index (χ0v) is 18.4. The van der Waals surface area contributed by atoms with Gasteiger partial charge in [-0.3, -0.25) is 9.79 Å². The molecule has 0 aliphatic rings. The summed E-state index contributed by atoms with van der Waals surface area (Å²) in [5.41, 5.74) is 3.78. The molecular formula is C24H30N6O. The third-order valence-corrected chi connectivity index (χ3v) is 4.85. The van der Waals surface area contributed by atoms with Gasteiger partial charge in [0.15, 0.2) is 5.96 Å². The van der Waals surface area contributed by atoms with Gasteiger partial charge in [0.2, 0.25) is 0 Å². The van der Waals surface area contributed by atoms with Gasteiger partial charge in [-0.05, 0) is 29.7 Å². The summed E-state index contributed by atoms with van der Waals surface area (Å²) in [5.74, 6) is 1.56. The number of rotatable bonds is 8. The van der Waals surface area contributed by atoms with Crippen LogP contribution in [0.5, 0.6) is 0 Å². The highest BCUT2D eigenvalue weighted by atomic mass is 16.1. The maximum absolute atomic E-state index is 12.2. The number of H-pyrrole nitrogens is 1. The lowest BCUT2D eigenvalue weighted by Crippen LogP contribution is -2.38. The molecule has 7 heteroatoms. The van der Waals surface area contributed by atoms with Gasteiger partial charge < -0.3 is 20.5 Å². The van der Waals surface area contributed by atoms with Crippen LogP contribution >= 0.6 is 0 Å². The van der Waals surface area contributed by atoms with E-state index in [4.69, 9.17) is 0 Å². The number of carbonyl (C=O) groups excluding carboxylic acids is 1. The second-order valence-corrected chi connectivity index (χ2v) is 7.32. The molecule has 3 N–H and O–H groups in total. The Bertz CT molecular complexity index is 1010. The number of guanidine groups is 1. The van der Waals surface area contributed by atoms with Gasteiger partial charge in [0, 0.05) is 32.7 Å². The average molecular weight is 419 g/mol. The summed E-state index contributed by atoms with van der Waals surface area (Å²) in [4.78, 5) is 26.4. The summed E-state index contributed by atoms with van der Waals surface area (Å²) in [7, 11) is 3.72. The molecule has 1 aromatic heterocycles. The molecule has 0 saturated heterocycles. The summed E-state index contributed by atoms with van der Waals surface area (Å²) in [6.45, 7) is 3.87. The zero-order chi connectivity index (χ0) is 22.1. The molecule has 31 heavy (non-hydrogen) atoms. The molecule has 3 rings (SSSR count). The summed E-state index contributed by atoms with van der Waals surface area (Å²) >= 11 is 0. The van der Waals surface area contributed by atoms with Gasteiger partial charge in [-0.2, -0.15) is 0 Å². The Balaban J connectivity index is 1.58. The fraction of sp³-hybridized carbons (Fsp3) is 0.292. The number of carbonyl (C=O) groups is 1. The Morgan fingerprint density at radius 1 is 1.13 bits per heavy atom. The number of benzene rings is 2. The van der Waals surface area contributed by atoms with Gasteiger partial charge in [0.1, 0.15) is 5.82 Å². The Morgan fingerprint density at radius 2 is 1.94 bits per heavy atom. The van der Waals surface area contributed by atoms with Crippen molar-refractivity contribution in [3.8, 4) is 11.3 Å². The van der Waals surface area contributed by atoms with E-state index in [0.29, 0.717) is 25.2 Å². The van der Waals surface area contributed by atoms with Crippen LogP contribution in [0.3, 0.4) is 0 Å². The van der Waals surface area contributed by atoms with E-state index in [1.54, 1.807) is 7.05 Å². The van der Waals surface area contributed by atoms with Crippen molar-refractivity contribution in [2.24, 2.45) is 4.99 Å². The van der Waals surface area contributed by atoms with Crippen LogP contribution in [0, 0.1) is 0 Å². The van der Waals surface area contributed by atoms with Gasteiger partial charge in [0.25, 0.3) is 5.91 Å². The molecule has 2 aromatic carbocycles. The second-order valence-electron chi connectivity index (χ2n) is 7.32. The molecule has 0 saturated carbocycles. The molecule has 0 unspecified atom stereocenters. The van der Waals surface area contributed by atoms with E-state index < -0.39 is 0 Å². The van der Waals surface area contributed by atoms with E-state index in [-0.39, 0.29) is 5.91 Å². The number of amides is 1. The molecule has 0 fully saturated rings. The minimum atomic E-state index is -0.0442. The summed E-state index contributed by atoms with van der Waals surface area (Å²) in [6.07, 6.45) is 2.77. The molecule has 162 valence electrons. The fourth-order valence-corrected chi connectivity index (χ4v) is 3.24. The Hall–Kier alpha value is -3.61. The summed E-state index contributed by atoms with van der Waals surface area (Å²) in [5, 5.41) is 6.27. The number of imidazole rings is 1. The number of aliphatic imine (C=N–C) groups is 1. The maximum Gasteiger partial charge on any atom is 0.251 e. The Labute approximate surface area is 183 Å². The van der Waals surface area contributed by atoms with Crippen molar-refractivity contribution in [3.05, 3.63) is 77.7 Å². The topological polar surface area (TPSA) is 85.4 Å². The van der Waals surface area contributed by atoms with Crippen molar-refractivity contribution in [2.75, 3.05) is 20.6 Å². The largest absolute Gasteiger partial charge is 0.352 e. The van der Waals surface area contributed by atoms with Crippen molar-refractivity contribution >= 4 is 11.9 Å². The second kappa shape index (κ2) is 11.0. The van der Waals surface area contributed by atoms with Crippen molar-refractivity contribution < 1.29 is 4.79 Å². The monoisotopic (exact) mass is 418 g/mol. The molecule has 3 aromatic rings. The summed E-state index contributed by atoms with van der Waals surface area (Å²) < 4.78 is 0. The summed E-state index contributed by atoms with van der Waals surface area (Å²) in [6, 6.07) is 17.8. The zero-order valence-electron chi connectivity index (χ0n) is 18.4. The maximum atomic E-state index is 12.2. The number of nitrogens with one attached hydrogen (secondary N) is 3. The van der Waals surface area contributed by atoms with Gasteiger partial charge in [-0.1, -0.05) is 49.4 Å². The first-order valence-corrected chi connectivity index (χ1v) is 10.5. The van der Waals surface area contributed by atoms with Gasteiger partial charge in [-0.25, -0.2) is 4.98 Å². The molecule has 0 spiro atoms. The van der Waals surface area contributed by atoms with Crippen LogP contribution in [-0.2, 0) is 13.1 Å². The van der Waals surface area contributed by atoms with Crippen molar-refractivity contribution in [1.29, 1.82) is 0 Å². The average Bonchev–Trinajstić information content (AvgIpc) is 3.27. The standard InChI is InChI=1S/C24H30N6O/c1-4-13-26-23(31)20-12-8-9-18(14-20)15-28-24(25-2)30(3)17-22-27-16-21(29-22)19-10-6-5-7-11-19/h5-12,14,16H,4,13,15,17H2,1-3H3,(H,25,28)(H,26,31)(H,27,29). The lowest BCUT2D eigenvalue weighted by molar-refractivity contribution is 0.0953. The highest BCUT2D eigenvalue weighted by Gasteiger charge is 2.11. The highest BCUT2D eigenvalue weighted by molar-refractivity contribution is 5.94. The number of aromatic amines is 1. The fourth-order valence-electron chi connectivity index (χ4n) is 3.24. The molecule has 1 amide bonds. The van der Waals surface area contributed by atoms with Gasteiger partial charge in [-0.15, -0.1) is 0 Å². The van der Waals surface area contributed by atoms with Crippen molar-refractivity contribution in [2.45, 2.75) is 26.4 Å². The molecule has 0 aliphatic heterocycles. The molecule has 1 heterocycles. The number of hydrogen-bond acceptors (Lipinski definition) is 3. The molecule has 0 aliphatic carbocycles. The smallest absolute Gasteiger partial charge is 0.251 e. The van der Waals surface area contributed by atoms with Crippen molar-refractivity contribution in [3.63, 3.8) is 0 Å². The van der Waals surface area contributed by atoms with Crippen LogP contribution < -0.4 is 10.6 Å². The van der Waals surface area contributed by atoms with E-state index in [9.17, 15) is 4.79 Å². The van der Waals surface area contributed by atoms with Crippen LogP contribution in [0.1, 0.15) is 35.1 Å². The number of nitrogens with zero attached hydrogens (tertiary/aromatic N) is 3. The lowest BCUT2D eigenvalue weighted by atomic mass is 10.1. The van der Waals surface area contributed by atoms with Crippen LogP contribution in [0.2, 0.25) is 0 Å². The first kappa shape index (κ1) is 22.1. The third kappa shape index (κ3) is 6.18. The highest BCUT2D eigenvalue weighted by Crippen LogP contribution is 2.16. The van der Waals surface area contributed by atoms with E-state index in [1.165, 1.54) is 0 Å². The number of hydrogen-bond donors (Lipinski definition) is 3. The van der Waals surface area contributed by atoms with Crippen LogP contribution in [0.25, 0.3) is 11.3 Å². The van der Waals surface area contributed by atoms with E-state index in [2.05, 4.69) is 37.7 Å². The predicted octanol–water partition coefficient (Wildman–Crippen LogP) is 3.42. The van der Waals surface area contributed by atoms with Crippen molar-refractivity contribution in [1.82, 2.24) is 25.5 Å². The van der Waals surface area contributed by atoms with Gasteiger partial charge in [0.05, 0.1) is 18.4 Å². The van der Waals surface area contributed by atoms with Crippen LogP contribution in [0.4, 0.5) is 0 Å². The van der Waals surface area contributed by atoms with E-state index in [0.717, 1.165) is 35.0 Å². The molecule has 0 atom stereocenters. The lowest BCUT2D eigenvalue weighted by Gasteiger charge is -2.21. The number of aromatic nitrogens is 2. The van der Waals surface area contributed by atoms with E-state index in [1.807, 2.05) is 67.5 Å². The van der Waals surface area contributed by atoms with Crippen LogP contribution in [-0.4, -0.2) is 47.4 Å². The Morgan fingerprint density at radius 3 is 2.68 bits per heavy atom. The minimum absolute atomic E-state index is 0.0442. The third-order valence-electron chi connectivity index (χ3n) is 4.85. The quantitative estimate of drug-likeness (QED) is 0.386. The van der Waals surface area contributed by atoms with Crippen LogP contribution in [0.15, 0.2) is 65.8 Å². The first-order chi connectivity index (χ1) is 15.1. The van der Waals surface area contributed by atoms with E-state index >= 15 is 0 Å². The predicted molar refractivity (Wildman–Crippen MR) is 125 cm³/mol. The normalized spacial score (nSPS) is 11.3. The molecule has 7 nitrogen and oxygen atoms in total. The van der Waals surface area contributed by atoms with Gasteiger partial charge >= 0.3 is 0 Å². The molecule has 0 bridgehead atoms.